The lowest BCUT2D eigenvalue weighted by atomic mass is 10.1. The fourth-order valence-corrected chi connectivity index (χ4v) is 3.38. The van der Waals surface area contributed by atoms with Crippen LogP contribution in [0.4, 0.5) is 0 Å². The smallest absolute Gasteiger partial charge is 0.383 e. The minimum absolute atomic E-state index is 0.447. The van der Waals surface area contributed by atoms with Gasteiger partial charge in [-0.1, -0.05) is 42.5 Å². The van der Waals surface area contributed by atoms with Gasteiger partial charge in [0.25, 0.3) is 0 Å². The van der Waals surface area contributed by atoms with Gasteiger partial charge in [-0.2, -0.15) is 0 Å². The molecule has 1 fully saturated rings. The molecule has 0 atom stereocenters. The van der Waals surface area contributed by atoms with Crippen LogP contribution in [0, 0.1) is 0 Å². The molecule has 2 aromatic carbocycles. The summed E-state index contributed by atoms with van der Waals surface area (Å²) in [6.07, 6.45) is 0. The van der Waals surface area contributed by atoms with Crippen molar-refractivity contribution in [1.82, 2.24) is 9.80 Å². The van der Waals surface area contributed by atoms with E-state index < -0.39 is 11.1 Å². The van der Waals surface area contributed by atoms with Gasteiger partial charge in [0.2, 0.25) is 0 Å². The number of piperazine rings is 1. The van der Waals surface area contributed by atoms with Crippen LogP contribution < -0.4 is 4.74 Å². The topological polar surface area (TPSA) is 51.2 Å². The van der Waals surface area contributed by atoms with Gasteiger partial charge in [-0.15, -0.1) is 12.6 Å². The van der Waals surface area contributed by atoms with Gasteiger partial charge >= 0.3 is 11.1 Å². The lowest BCUT2D eigenvalue weighted by Gasteiger charge is -2.34. The van der Waals surface area contributed by atoms with Gasteiger partial charge in [-0.25, -0.2) is 4.79 Å². The average Bonchev–Trinajstić information content (AvgIpc) is 2.75. The van der Waals surface area contributed by atoms with Crippen LogP contribution in [0.3, 0.4) is 0 Å². The molecule has 0 saturated carbocycles. The van der Waals surface area contributed by atoms with Crippen molar-refractivity contribution in [2.75, 3.05) is 40.4 Å². The van der Waals surface area contributed by atoms with E-state index in [1.165, 1.54) is 19.8 Å². The van der Waals surface area contributed by atoms with E-state index in [4.69, 9.17) is 14.2 Å². The van der Waals surface area contributed by atoms with Crippen molar-refractivity contribution in [3.63, 3.8) is 0 Å². The minimum Gasteiger partial charge on any atom is -0.422 e. The van der Waals surface area contributed by atoms with Crippen molar-refractivity contribution in [2.24, 2.45) is 0 Å². The molecule has 0 amide bonds. The Morgan fingerprint density at radius 2 is 1.45 bits per heavy atom. The van der Waals surface area contributed by atoms with Crippen LogP contribution in [0.25, 0.3) is 0 Å². The summed E-state index contributed by atoms with van der Waals surface area (Å²) in [6, 6.07) is 18.1. The van der Waals surface area contributed by atoms with Crippen molar-refractivity contribution in [2.45, 2.75) is 18.2 Å². The standard InChI is InChI=1S/C22H28N2O4S/c1-26-22(29,27-2)21(25)28-20-10-6-9-19(15-20)17-24-13-11-23(12-14-24)16-18-7-4-3-5-8-18/h3-10,15,29H,11-14,16-17H2,1-2H3. The van der Waals surface area contributed by atoms with Crippen LogP contribution in [-0.2, 0) is 27.4 Å². The summed E-state index contributed by atoms with van der Waals surface area (Å²) in [4.78, 5) is 17.1. The molecule has 7 heteroatoms. The zero-order chi connectivity index (χ0) is 20.7. The fourth-order valence-electron chi connectivity index (χ4n) is 3.33. The summed E-state index contributed by atoms with van der Waals surface area (Å²) in [6.45, 7) is 5.88. The first-order chi connectivity index (χ1) is 14.0. The van der Waals surface area contributed by atoms with Crippen molar-refractivity contribution in [1.29, 1.82) is 0 Å². The van der Waals surface area contributed by atoms with E-state index in [2.05, 4.69) is 46.7 Å². The van der Waals surface area contributed by atoms with E-state index in [0.717, 1.165) is 44.8 Å². The first-order valence-electron chi connectivity index (χ1n) is 9.65. The van der Waals surface area contributed by atoms with E-state index in [1.807, 2.05) is 24.3 Å². The SMILES string of the molecule is COC(S)(OC)C(=O)Oc1cccc(CN2CCN(Cc3ccccc3)CC2)c1. The van der Waals surface area contributed by atoms with Crippen LogP contribution in [0.2, 0.25) is 0 Å². The Morgan fingerprint density at radius 1 is 0.897 bits per heavy atom. The van der Waals surface area contributed by atoms with Crippen LogP contribution in [0.15, 0.2) is 54.6 Å². The summed E-state index contributed by atoms with van der Waals surface area (Å²) in [5, 5.41) is -1.72. The third kappa shape index (κ3) is 6.04. The molecule has 0 N–H and O–H groups in total. The molecule has 0 unspecified atom stereocenters. The fraction of sp³-hybridized carbons (Fsp3) is 0.409. The largest absolute Gasteiger partial charge is 0.422 e. The highest BCUT2D eigenvalue weighted by atomic mass is 32.1. The molecule has 29 heavy (non-hydrogen) atoms. The average molecular weight is 417 g/mol. The molecular formula is C22H28N2O4S. The molecule has 1 aliphatic heterocycles. The second-order valence-electron chi connectivity index (χ2n) is 7.06. The Balaban J connectivity index is 1.51. The number of carbonyl (C=O) groups is 1. The summed E-state index contributed by atoms with van der Waals surface area (Å²) in [5.74, 6) is -0.264. The van der Waals surface area contributed by atoms with Gasteiger partial charge in [0.1, 0.15) is 5.75 Å². The van der Waals surface area contributed by atoms with Crippen molar-refractivity contribution >= 4 is 18.6 Å². The van der Waals surface area contributed by atoms with Crippen LogP contribution in [0.5, 0.6) is 5.75 Å². The Hall–Kier alpha value is -1.90. The number of benzene rings is 2. The zero-order valence-corrected chi connectivity index (χ0v) is 17.8. The molecule has 1 aliphatic rings. The first-order valence-corrected chi connectivity index (χ1v) is 10.1. The molecule has 0 bridgehead atoms. The van der Waals surface area contributed by atoms with Crippen molar-refractivity contribution in [3.8, 4) is 5.75 Å². The summed E-state index contributed by atoms with van der Waals surface area (Å²) in [5.41, 5.74) is 2.44. The molecular weight excluding hydrogens is 388 g/mol. The number of nitrogens with zero attached hydrogens (tertiary/aromatic N) is 2. The highest BCUT2D eigenvalue weighted by Gasteiger charge is 2.37. The second-order valence-corrected chi connectivity index (χ2v) is 7.65. The summed E-state index contributed by atoms with van der Waals surface area (Å²) < 4.78 is 15.3. The molecule has 2 aromatic rings. The molecule has 0 aliphatic carbocycles. The maximum absolute atomic E-state index is 12.2. The van der Waals surface area contributed by atoms with Gasteiger partial charge in [-0.3, -0.25) is 9.80 Å². The highest BCUT2D eigenvalue weighted by molar-refractivity contribution is 7.82. The van der Waals surface area contributed by atoms with Gasteiger partial charge in [0.05, 0.1) is 0 Å². The Bertz CT molecular complexity index is 790. The number of thiol groups is 1. The monoisotopic (exact) mass is 416 g/mol. The molecule has 6 nitrogen and oxygen atoms in total. The number of ether oxygens (including phenoxy) is 3. The molecule has 1 saturated heterocycles. The van der Waals surface area contributed by atoms with Gasteiger partial charge in [-0.05, 0) is 23.3 Å². The number of hydrogen-bond acceptors (Lipinski definition) is 7. The number of rotatable bonds is 8. The van der Waals surface area contributed by atoms with Crippen LogP contribution >= 0.6 is 12.6 Å². The van der Waals surface area contributed by atoms with E-state index in [0.29, 0.717) is 5.75 Å². The lowest BCUT2D eigenvalue weighted by Crippen LogP contribution is -2.45. The van der Waals surface area contributed by atoms with Crippen molar-refractivity contribution in [3.05, 3.63) is 65.7 Å². The predicted molar refractivity (Wildman–Crippen MR) is 115 cm³/mol. The Morgan fingerprint density at radius 3 is 2.03 bits per heavy atom. The molecule has 0 aromatic heterocycles. The number of hydrogen-bond donors (Lipinski definition) is 1. The number of methoxy groups -OCH3 is 2. The normalized spacial score (nSPS) is 16.0. The van der Waals surface area contributed by atoms with Crippen LogP contribution in [0.1, 0.15) is 11.1 Å². The number of carbonyl (C=O) groups excluding carboxylic acids is 1. The summed E-state index contributed by atoms with van der Waals surface area (Å²) in [7, 11) is 2.68. The first kappa shape index (κ1) is 21.8. The maximum Gasteiger partial charge on any atom is 0.383 e. The molecule has 0 radical (unpaired) electrons. The summed E-state index contributed by atoms with van der Waals surface area (Å²) >= 11 is 4.09. The molecule has 0 spiro atoms. The third-order valence-electron chi connectivity index (χ3n) is 5.04. The number of esters is 1. The maximum atomic E-state index is 12.2. The van der Waals surface area contributed by atoms with E-state index >= 15 is 0 Å². The third-order valence-corrected chi connectivity index (χ3v) is 5.59. The molecule has 156 valence electrons. The second kappa shape index (κ2) is 10.2. The van der Waals surface area contributed by atoms with E-state index in [-0.39, 0.29) is 0 Å². The molecule has 3 rings (SSSR count). The minimum atomic E-state index is -1.72. The predicted octanol–water partition coefficient (Wildman–Crippen LogP) is 2.79. The van der Waals surface area contributed by atoms with Gasteiger partial charge in [0.15, 0.2) is 0 Å². The van der Waals surface area contributed by atoms with E-state index in [1.54, 1.807) is 6.07 Å². The van der Waals surface area contributed by atoms with Crippen molar-refractivity contribution < 1.29 is 19.0 Å². The highest BCUT2D eigenvalue weighted by Crippen LogP contribution is 2.22. The van der Waals surface area contributed by atoms with Gasteiger partial charge < -0.3 is 14.2 Å². The quantitative estimate of drug-likeness (QED) is 0.309. The Kier molecular flexibility index (Phi) is 7.69. The zero-order valence-electron chi connectivity index (χ0n) is 16.9. The van der Waals surface area contributed by atoms with Crippen LogP contribution in [-0.4, -0.2) is 61.3 Å². The Labute approximate surface area is 177 Å². The van der Waals surface area contributed by atoms with Gasteiger partial charge in [0, 0.05) is 53.5 Å². The van der Waals surface area contributed by atoms with E-state index in [9.17, 15) is 4.79 Å². The lowest BCUT2D eigenvalue weighted by molar-refractivity contribution is -0.185. The molecule has 1 heterocycles.